The van der Waals surface area contributed by atoms with Crippen molar-refractivity contribution < 1.29 is 0 Å². The summed E-state index contributed by atoms with van der Waals surface area (Å²) in [6.07, 6.45) is 1.99. The number of rotatable bonds is 1. The first-order valence-electron chi connectivity index (χ1n) is 5.64. The third-order valence-corrected chi connectivity index (χ3v) is 3.19. The van der Waals surface area contributed by atoms with Gasteiger partial charge in [0.1, 0.15) is 5.82 Å². The molecular formula is C15H14N2. The summed E-state index contributed by atoms with van der Waals surface area (Å²) in [6, 6.07) is 14.9. The third-order valence-electron chi connectivity index (χ3n) is 3.19. The Bertz CT molecular complexity index is 626. The molecule has 0 atom stereocenters. The van der Waals surface area contributed by atoms with Gasteiger partial charge in [-0.05, 0) is 16.8 Å². The van der Waals surface area contributed by atoms with Crippen LogP contribution < -0.4 is 5.32 Å². The van der Waals surface area contributed by atoms with Crippen LogP contribution in [0.2, 0.25) is 0 Å². The first-order valence-corrected chi connectivity index (χ1v) is 5.64. The van der Waals surface area contributed by atoms with Crippen LogP contribution >= 0.6 is 0 Å². The van der Waals surface area contributed by atoms with Crippen LogP contribution in [0.4, 0.5) is 0 Å². The SMILES string of the molecule is C=C1NC=C(c2ccc3ccccc3c2)N1C. The van der Waals surface area contributed by atoms with Crippen LogP contribution in [-0.2, 0) is 0 Å². The highest BCUT2D eigenvalue weighted by molar-refractivity contribution is 5.86. The molecule has 1 heterocycles. The molecular weight excluding hydrogens is 208 g/mol. The number of nitrogens with zero attached hydrogens (tertiary/aromatic N) is 1. The summed E-state index contributed by atoms with van der Waals surface area (Å²) < 4.78 is 0. The molecule has 17 heavy (non-hydrogen) atoms. The molecule has 0 bridgehead atoms. The minimum absolute atomic E-state index is 0.910. The van der Waals surface area contributed by atoms with E-state index in [1.165, 1.54) is 16.3 Å². The zero-order valence-corrected chi connectivity index (χ0v) is 9.77. The standard InChI is InChI=1S/C15H14N2/c1-11-16-10-15(17(11)2)14-8-7-12-5-3-4-6-13(12)9-14/h3-10,16H,1H2,2H3. The average molecular weight is 222 g/mol. The maximum absolute atomic E-state index is 3.94. The molecule has 2 heteroatoms. The number of hydrogen-bond acceptors (Lipinski definition) is 2. The lowest BCUT2D eigenvalue weighted by molar-refractivity contribution is 0.596. The van der Waals surface area contributed by atoms with Gasteiger partial charge in [-0.15, -0.1) is 0 Å². The Labute approximate surface area is 101 Å². The molecule has 0 spiro atoms. The molecule has 1 aliphatic heterocycles. The van der Waals surface area contributed by atoms with Gasteiger partial charge in [0.05, 0.1) is 5.70 Å². The van der Waals surface area contributed by atoms with E-state index in [0.29, 0.717) is 0 Å². The van der Waals surface area contributed by atoms with Crippen LogP contribution in [0.15, 0.2) is 61.1 Å². The van der Waals surface area contributed by atoms with Gasteiger partial charge in [0, 0.05) is 18.8 Å². The smallest absolute Gasteiger partial charge is 0.102 e. The van der Waals surface area contributed by atoms with Gasteiger partial charge in [0.25, 0.3) is 0 Å². The second kappa shape index (κ2) is 3.67. The van der Waals surface area contributed by atoms with E-state index in [0.717, 1.165) is 11.5 Å². The lowest BCUT2D eigenvalue weighted by Crippen LogP contribution is -2.14. The van der Waals surface area contributed by atoms with E-state index in [1.54, 1.807) is 0 Å². The second-order valence-electron chi connectivity index (χ2n) is 4.24. The van der Waals surface area contributed by atoms with Crippen molar-refractivity contribution in [2.75, 3.05) is 7.05 Å². The maximum atomic E-state index is 3.94. The van der Waals surface area contributed by atoms with E-state index in [9.17, 15) is 0 Å². The summed E-state index contributed by atoms with van der Waals surface area (Å²) in [5.74, 6) is 0.910. The van der Waals surface area contributed by atoms with Crippen LogP contribution in [-0.4, -0.2) is 11.9 Å². The number of benzene rings is 2. The summed E-state index contributed by atoms with van der Waals surface area (Å²) in [6.45, 7) is 3.94. The van der Waals surface area contributed by atoms with Crippen LogP contribution in [0.1, 0.15) is 5.56 Å². The third kappa shape index (κ3) is 1.58. The Kier molecular flexibility index (Phi) is 2.15. The van der Waals surface area contributed by atoms with Crippen molar-refractivity contribution >= 4 is 16.5 Å². The van der Waals surface area contributed by atoms with Crippen molar-refractivity contribution in [3.05, 3.63) is 66.6 Å². The van der Waals surface area contributed by atoms with Gasteiger partial charge in [-0.3, -0.25) is 0 Å². The second-order valence-corrected chi connectivity index (χ2v) is 4.24. The Morgan fingerprint density at radius 3 is 2.53 bits per heavy atom. The highest BCUT2D eigenvalue weighted by Crippen LogP contribution is 2.26. The summed E-state index contributed by atoms with van der Waals surface area (Å²) in [7, 11) is 2.02. The van der Waals surface area contributed by atoms with Crippen molar-refractivity contribution in [1.29, 1.82) is 0 Å². The molecule has 0 amide bonds. The van der Waals surface area contributed by atoms with Crippen LogP contribution in [0, 0.1) is 0 Å². The van der Waals surface area contributed by atoms with Crippen molar-refractivity contribution in [3.63, 3.8) is 0 Å². The summed E-state index contributed by atoms with van der Waals surface area (Å²) in [5.41, 5.74) is 2.36. The summed E-state index contributed by atoms with van der Waals surface area (Å²) >= 11 is 0. The van der Waals surface area contributed by atoms with Crippen molar-refractivity contribution in [2.24, 2.45) is 0 Å². The summed E-state index contributed by atoms with van der Waals surface area (Å²) in [4.78, 5) is 2.06. The first kappa shape index (κ1) is 9.97. The topological polar surface area (TPSA) is 15.3 Å². The van der Waals surface area contributed by atoms with Crippen molar-refractivity contribution in [3.8, 4) is 0 Å². The van der Waals surface area contributed by atoms with E-state index in [2.05, 4.69) is 59.3 Å². The minimum Gasteiger partial charge on any atom is -0.346 e. The van der Waals surface area contributed by atoms with Crippen molar-refractivity contribution in [2.45, 2.75) is 0 Å². The highest BCUT2D eigenvalue weighted by Gasteiger charge is 2.15. The molecule has 2 aromatic carbocycles. The molecule has 1 aliphatic rings. The predicted octanol–water partition coefficient (Wildman–Crippen LogP) is 3.14. The lowest BCUT2D eigenvalue weighted by atomic mass is 10.1. The molecule has 84 valence electrons. The molecule has 0 fully saturated rings. The number of fused-ring (bicyclic) bond motifs is 1. The van der Waals surface area contributed by atoms with Gasteiger partial charge >= 0.3 is 0 Å². The number of hydrogen-bond donors (Lipinski definition) is 1. The fraction of sp³-hybridized carbons (Fsp3) is 0.0667. The van der Waals surface area contributed by atoms with Gasteiger partial charge in [0.15, 0.2) is 0 Å². The largest absolute Gasteiger partial charge is 0.346 e. The van der Waals surface area contributed by atoms with Crippen LogP contribution in [0.5, 0.6) is 0 Å². The Balaban J connectivity index is 2.10. The van der Waals surface area contributed by atoms with E-state index < -0.39 is 0 Å². The molecule has 0 aromatic heterocycles. The molecule has 3 rings (SSSR count). The van der Waals surface area contributed by atoms with E-state index in [1.807, 2.05) is 13.2 Å². The molecule has 1 N–H and O–H groups in total. The quantitative estimate of drug-likeness (QED) is 0.797. The maximum Gasteiger partial charge on any atom is 0.102 e. The molecule has 0 radical (unpaired) electrons. The first-order chi connectivity index (χ1) is 8.25. The van der Waals surface area contributed by atoms with Crippen LogP contribution in [0.25, 0.3) is 16.5 Å². The molecule has 2 nitrogen and oxygen atoms in total. The monoisotopic (exact) mass is 222 g/mol. The van der Waals surface area contributed by atoms with Crippen LogP contribution in [0.3, 0.4) is 0 Å². The Morgan fingerprint density at radius 1 is 1.06 bits per heavy atom. The van der Waals surface area contributed by atoms with E-state index >= 15 is 0 Å². The highest BCUT2D eigenvalue weighted by atomic mass is 15.3. The van der Waals surface area contributed by atoms with Gasteiger partial charge in [-0.1, -0.05) is 43.0 Å². The fourth-order valence-electron chi connectivity index (χ4n) is 2.12. The van der Waals surface area contributed by atoms with Gasteiger partial charge in [-0.2, -0.15) is 0 Å². The Hall–Kier alpha value is -2.22. The van der Waals surface area contributed by atoms with Gasteiger partial charge in [-0.25, -0.2) is 0 Å². The molecule has 2 aromatic rings. The van der Waals surface area contributed by atoms with Crippen molar-refractivity contribution in [1.82, 2.24) is 10.2 Å². The van der Waals surface area contributed by atoms with Gasteiger partial charge in [0.2, 0.25) is 0 Å². The Morgan fingerprint density at radius 2 is 1.82 bits per heavy atom. The zero-order valence-electron chi connectivity index (χ0n) is 9.77. The molecule has 0 saturated carbocycles. The molecule has 0 unspecified atom stereocenters. The van der Waals surface area contributed by atoms with E-state index in [-0.39, 0.29) is 0 Å². The van der Waals surface area contributed by atoms with E-state index in [4.69, 9.17) is 0 Å². The lowest BCUT2D eigenvalue weighted by Gasteiger charge is -2.16. The molecule has 0 saturated heterocycles. The molecule has 0 aliphatic carbocycles. The number of nitrogens with one attached hydrogen (secondary N) is 1. The predicted molar refractivity (Wildman–Crippen MR) is 72.0 cm³/mol. The minimum atomic E-state index is 0.910. The summed E-state index contributed by atoms with van der Waals surface area (Å²) in [5, 5.41) is 5.66. The average Bonchev–Trinajstić information content (AvgIpc) is 2.70. The zero-order chi connectivity index (χ0) is 11.8. The van der Waals surface area contributed by atoms with Gasteiger partial charge < -0.3 is 10.2 Å². The fourth-order valence-corrected chi connectivity index (χ4v) is 2.12. The normalized spacial score (nSPS) is 15.0.